The third-order valence-electron chi connectivity index (χ3n) is 0.983. The average molecular weight is 236 g/mol. The summed E-state index contributed by atoms with van der Waals surface area (Å²) in [6, 6.07) is 0. The molecule has 0 spiro atoms. The topological polar surface area (TPSA) is 80.3 Å². The normalized spacial score (nSPS) is 14.5. The third kappa shape index (κ3) is 3.77. The summed E-state index contributed by atoms with van der Waals surface area (Å²) < 4.78 is 44.0. The first-order chi connectivity index (χ1) is 5.95. The van der Waals surface area contributed by atoms with Gasteiger partial charge in [0.2, 0.25) is 11.2 Å². The van der Waals surface area contributed by atoms with Crippen molar-refractivity contribution in [2.24, 2.45) is 0 Å². The van der Waals surface area contributed by atoms with Gasteiger partial charge in [-0.3, -0.25) is 16.7 Å². The lowest BCUT2D eigenvalue weighted by atomic mass is 11.8. The van der Waals surface area contributed by atoms with E-state index in [0.29, 0.717) is 0 Å². The highest BCUT2D eigenvalue weighted by Gasteiger charge is 2.32. The molecule has 0 saturated carbocycles. The van der Waals surface area contributed by atoms with Gasteiger partial charge in [-0.25, -0.2) is 0 Å². The number of hydrogen-bond acceptors (Lipinski definition) is 7. The predicted octanol–water partition coefficient (Wildman–Crippen LogP) is 0.298. The van der Waals surface area contributed by atoms with Crippen molar-refractivity contribution in [3.05, 3.63) is 0 Å². The van der Waals surface area contributed by atoms with Gasteiger partial charge in [0.15, 0.2) is 0 Å². The van der Waals surface area contributed by atoms with Crippen LogP contribution in [0.2, 0.25) is 0 Å². The first kappa shape index (κ1) is 13.1. The molecule has 0 aliphatic carbocycles. The molecule has 0 aromatic carbocycles. The van der Waals surface area contributed by atoms with Crippen LogP contribution in [0.4, 0.5) is 0 Å². The van der Waals surface area contributed by atoms with Gasteiger partial charge < -0.3 is 0 Å². The smallest absolute Gasteiger partial charge is 0.274 e. The molecule has 0 heterocycles. The van der Waals surface area contributed by atoms with Crippen LogP contribution < -0.4 is 0 Å². The van der Waals surface area contributed by atoms with E-state index in [1.165, 1.54) is 21.3 Å². The second kappa shape index (κ2) is 5.10. The molecule has 0 atom stereocenters. The lowest BCUT2D eigenvalue weighted by Gasteiger charge is -2.29. The van der Waals surface area contributed by atoms with E-state index in [-0.39, 0.29) is 0 Å². The summed E-state index contributed by atoms with van der Waals surface area (Å²) in [7, 11) is 0.358. The van der Waals surface area contributed by atoms with E-state index >= 15 is 0 Å². The van der Waals surface area contributed by atoms with Crippen LogP contribution >= 0.6 is 11.2 Å². The Morgan fingerprint density at radius 1 is 0.769 bits per heavy atom. The van der Waals surface area contributed by atoms with Crippen LogP contribution in [0.1, 0.15) is 0 Å². The molecular formula is C4H12O7S2. The Morgan fingerprint density at radius 3 is 1.38 bits per heavy atom. The maximum Gasteiger partial charge on any atom is 0.414 e. The van der Waals surface area contributed by atoms with Crippen molar-refractivity contribution >= 4 is 21.6 Å². The van der Waals surface area contributed by atoms with E-state index in [1.54, 1.807) is 0 Å². The zero-order valence-corrected chi connectivity index (χ0v) is 9.31. The Hall–Kier alpha value is 0.100. The molecule has 7 nitrogen and oxygen atoms in total. The highest BCUT2D eigenvalue weighted by molar-refractivity contribution is 8.21. The Balaban J connectivity index is 4.61. The van der Waals surface area contributed by atoms with Crippen LogP contribution in [0.3, 0.4) is 0 Å². The van der Waals surface area contributed by atoms with E-state index < -0.39 is 21.6 Å². The fourth-order valence-corrected chi connectivity index (χ4v) is 2.53. The molecule has 0 rings (SSSR count). The molecule has 0 aromatic rings. The zero-order chi connectivity index (χ0) is 10.5. The van der Waals surface area contributed by atoms with Crippen molar-refractivity contribution in [2.45, 2.75) is 0 Å². The van der Waals surface area contributed by atoms with Crippen molar-refractivity contribution < 1.29 is 28.8 Å². The molecule has 0 saturated heterocycles. The molecule has 13 heavy (non-hydrogen) atoms. The van der Waals surface area contributed by atoms with Crippen molar-refractivity contribution in [1.29, 1.82) is 0 Å². The van der Waals surface area contributed by atoms with Crippen LogP contribution in [0.15, 0.2) is 0 Å². The molecule has 82 valence electrons. The van der Waals surface area contributed by atoms with E-state index in [1.807, 2.05) is 0 Å². The zero-order valence-electron chi connectivity index (χ0n) is 7.67. The molecule has 0 aromatic heterocycles. The maximum atomic E-state index is 10.8. The quantitative estimate of drug-likeness (QED) is 0.656. The fourth-order valence-electron chi connectivity index (χ4n) is 0.417. The molecule has 0 radical (unpaired) electrons. The second-order valence-electron chi connectivity index (χ2n) is 1.55. The Bertz CT molecular complexity index is 223. The summed E-state index contributed by atoms with van der Waals surface area (Å²) in [5.41, 5.74) is 0. The predicted molar refractivity (Wildman–Crippen MR) is 45.6 cm³/mol. The van der Waals surface area contributed by atoms with Gasteiger partial charge in [-0.15, -0.1) is 3.63 Å². The van der Waals surface area contributed by atoms with E-state index in [4.69, 9.17) is 0 Å². The second-order valence-corrected chi connectivity index (χ2v) is 5.06. The van der Waals surface area contributed by atoms with Gasteiger partial charge >= 0.3 is 10.4 Å². The van der Waals surface area contributed by atoms with Crippen LogP contribution in [0.5, 0.6) is 0 Å². The lowest BCUT2D eigenvalue weighted by molar-refractivity contribution is 0.182. The molecular weight excluding hydrogens is 224 g/mol. The standard InChI is InChI=1S/C4H12O7S2/c1-7-12(5,6)11-13(8-2,9-3)10-4/h1-4H3. The minimum atomic E-state index is -4.15. The molecule has 0 N–H and O–H groups in total. The van der Waals surface area contributed by atoms with Gasteiger partial charge in [0, 0.05) is 0 Å². The first-order valence-corrected chi connectivity index (χ1v) is 5.63. The van der Waals surface area contributed by atoms with Crippen LogP contribution in [-0.4, -0.2) is 36.9 Å². The van der Waals surface area contributed by atoms with E-state index in [2.05, 4.69) is 20.4 Å². The fraction of sp³-hybridized carbons (Fsp3) is 1.00. The van der Waals surface area contributed by atoms with Crippen LogP contribution in [0.25, 0.3) is 0 Å². The summed E-state index contributed by atoms with van der Waals surface area (Å²) >= 11 is -2.99. The minimum absolute atomic E-state index is 0.945. The number of hydrogen-bond donors (Lipinski definition) is 0. The SMILES string of the molecule is COS(OC)(OC)OS(=O)(=O)OC. The molecule has 0 bridgehead atoms. The monoisotopic (exact) mass is 236 g/mol. The lowest BCUT2D eigenvalue weighted by Crippen LogP contribution is -2.16. The first-order valence-electron chi connectivity index (χ1n) is 2.97. The summed E-state index contributed by atoms with van der Waals surface area (Å²) in [6.45, 7) is 0. The van der Waals surface area contributed by atoms with Crippen LogP contribution in [0, 0.1) is 0 Å². The van der Waals surface area contributed by atoms with Gasteiger partial charge in [0.1, 0.15) is 0 Å². The Labute approximate surface area is 79.3 Å². The molecule has 0 aliphatic heterocycles. The molecule has 0 aliphatic rings. The van der Waals surface area contributed by atoms with E-state index in [0.717, 1.165) is 7.11 Å². The number of rotatable bonds is 6. The minimum Gasteiger partial charge on any atom is -0.274 e. The van der Waals surface area contributed by atoms with E-state index in [9.17, 15) is 8.42 Å². The largest absolute Gasteiger partial charge is 0.414 e. The summed E-state index contributed by atoms with van der Waals surface area (Å²) in [4.78, 5) is 0. The molecule has 0 fully saturated rings. The molecule has 9 heteroatoms. The molecule has 0 unspecified atom stereocenters. The summed E-state index contributed by atoms with van der Waals surface area (Å²) in [6.07, 6.45) is 0. The third-order valence-corrected chi connectivity index (χ3v) is 3.95. The summed E-state index contributed by atoms with van der Waals surface area (Å²) in [5.74, 6) is 0. The van der Waals surface area contributed by atoms with Gasteiger partial charge in [-0.2, -0.15) is 8.42 Å². The van der Waals surface area contributed by atoms with Crippen LogP contribution in [-0.2, 0) is 30.8 Å². The molecule has 0 amide bonds. The van der Waals surface area contributed by atoms with Gasteiger partial charge in [-0.05, 0) is 0 Å². The van der Waals surface area contributed by atoms with Crippen molar-refractivity contribution in [2.75, 3.05) is 28.4 Å². The highest BCUT2D eigenvalue weighted by Crippen LogP contribution is 2.51. The van der Waals surface area contributed by atoms with Gasteiger partial charge in [0.05, 0.1) is 28.4 Å². The maximum absolute atomic E-state index is 10.8. The van der Waals surface area contributed by atoms with Crippen molar-refractivity contribution in [3.63, 3.8) is 0 Å². The van der Waals surface area contributed by atoms with Gasteiger partial charge in [-0.1, -0.05) is 0 Å². The average Bonchev–Trinajstić information content (AvgIpc) is 2.14. The Kier molecular flexibility index (Phi) is 5.14. The van der Waals surface area contributed by atoms with Crippen molar-refractivity contribution in [3.8, 4) is 0 Å². The van der Waals surface area contributed by atoms with Gasteiger partial charge in [0.25, 0.3) is 0 Å². The summed E-state index contributed by atoms with van der Waals surface area (Å²) in [5, 5.41) is 0. The Morgan fingerprint density at radius 2 is 1.15 bits per heavy atom. The highest BCUT2D eigenvalue weighted by atomic mass is 32.4. The van der Waals surface area contributed by atoms with Crippen molar-refractivity contribution in [1.82, 2.24) is 0 Å².